The van der Waals surface area contributed by atoms with E-state index in [2.05, 4.69) is 38.1 Å². The molecular weight excluding hydrogens is 370 g/mol. The first-order chi connectivity index (χ1) is 10.2. The highest BCUT2D eigenvalue weighted by Gasteiger charge is 2.11. The lowest BCUT2D eigenvalue weighted by atomic mass is 10.2. The largest absolute Gasteiger partial charge is 0.369 e. The fourth-order valence-corrected chi connectivity index (χ4v) is 3.34. The van der Waals surface area contributed by atoms with Crippen LogP contribution in [0.15, 0.2) is 33.4 Å². The van der Waals surface area contributed by atoms with E-state index in [9.17, 15) is 0 Å². The minimum Gasteiger partial charge on any atom is -0.369 e. The zero-order valence-corrected chi connectivity index (χ0v) is 14.5. The third-order valence-electron chi connectivity index (χ3n) is 3.03. The standard InChI is InChI=1S/C15H13BrClN3S/c1-2-5-18-15-11-4-3-10(17)7-12(11)19-14(20-15)9-6-13(16)21-8-9/h3-4,6-8H,2,5H2,1H3,(H,18,19,20). The van der Waals surface area contributed by atoms with Crippen molar-refractivity contribution in [1.29, 1.82) is 0 Å². The van der Waals surface area contributed by atoms with Gasteiger partial charge >= 0.3 is 0 Å². The predicted octanol–water partition coefficient (Wildman–Crippen LogP) is 5.60. The molecule has 3 nitrogen and oxygen atoms in total. The molecule has 0 spiro atoms. The van der Waals surface area contributed by atoms with Crippen LogP contribution < -0.4 is 5.32 Å². The molecular formula is C15H13BrClN3S. The number of hydrogen-bond acceptors (Lipinski definition) is 4. The first-order valence-corrected chi connectivity index (χ1v) is 8.68. The van der Waals surface area contributed by atoms with Crippen molar-refractivity contribution in [2.45, 2.75) is 13.3 Å². The minimum atomic E-state index is 0.681. The molecule has 0 amide bonds. The zero-order valence-electron chi connectivity index (χ0n) is 11.4. The van der Waals surface area contributed by atoms with Gasteiger partial charge < -0.3 is 5.32 Å². The van der Waals surface area contributed by atoms with Crippen LogP contribution >= 0.6 is 38.9 Å². The lowest BCUT2D eigenvalue weighted by Crippen LogP contribution is -2.04. The van der Waals surface area contributed by atoms with Crippen molar-refractivity contribution in [1.82, 2.24) is 9.97 Å². The van der Waals surface area contributed by atoms with Crippen LogP contribution in [0.25, 0.3) is 22.3 Å². The van der Waals surface area contributed by atoms with Gasteiger partial charge in [0.25, 0.3) is 0 Å². The van der Waals surface area contributed by atoms with E-state index >= 15 is 0 Å². The fourth-order valence-electron chi connectivity index (χ4n) is 2.04. The molecule has 0 aliphatic heterocycles. The van der Waals surface area contributed by atoms with Crippen LogP contribution in [0.1, 0.15) is 13.3 Å². The number of hydrogen-bond donors (Lipinski definition) is 1. The first-order valence-electron chi connectivity index (χ1n) is 6.63. The Hall–Kier alpha value is -1.17. The van der Waals surface area contributed by atoms with E-state index in [4.69, 9.17) is 11.6 Å². The number of anilines is 1. The van der Waals surface area contributed by atoms with Gasteiger partial charge in [0.15, 0.2) is 5.82 Å². The molecule has 2 aromatic heterocycles. The third kappa shape index (κ3) is 3.20. The number of nitrogens with zero attached hydrogens (tertiary/aromatic N) is 2. The van der Waals surface area contributed by atoms with E-state index in [0.29, 0.717) is 10.8 Å². The SMILES string of the molecule is CCCNc1nc(-c2csc(Br)c2)nc2cc(Cl)ccc12. The third-order valence-corrected chi connectivity index (χ3v) is 4.77. The van der Waals surface area contributed by atoms with Crippen molar-refractivity contribution in [3.8, 4) is 11.4 Å². The Balaban J connectivity index is 2.17. The highest BCUT2D eigenvalue weighted by atomic mass is 79.9. The molecule has 3 aromatic rings. The van der Waals surface area contributed by atoms with Gasteiger partial charge in [0.05, 0.1) is 9.30 Å². The molecule has 3 rings (SSSR count). The second kappa shape index (κ2) is 6.30. The Morgan fingerprint density at radius 3 is 2.86 bits per heavy atom. The van der Waals surface area contributed by atoms with Gasteiger partial charge in [-0.05, 0) is 46.6 Å². The summed E-state index contributed by atoms with van der Waals surface area (Å²) in [4.78, 5) is 9.31. The molecule has 0 fully saturated rings. The monoisotopic (exact) mass is 381 g/mol. The summed E-state index contributed by atoms with van der Waals surface area (Å²) in [6.45, 7) is 3.01. The molecule has 0 radical (unpaired) electrons. The number of benzene rings is 1. The molecule has 0 atom stereocenters. The van der Waals surface area contributed by atoms with Gasteiger partial charge in [-0.15, -0.1) is 11.3 Å². The molecule has 1 N–H and O–H groups in total. The van der Waals surface area contributed by atoms with Gasteiger partial charge in [-0.1, -0.05) is 18.5 Å². The van der Waals surface area contributed by atoms with Gasteiger partial charge in [0.1, 0.15) is 5.82 Å². The molecule has 0 aliphatic carbocycles. The Bertz CT molecular complexity index is 788. The van der Waals surface area contributed by atoms with Gasteiger partial charge in [-0.25, -0.2) is 9.97 Å². The van der Waals surface area contributed by atoms with Gasteiger partial charge in [0, 0.05) is 27.9 Å². The lowest BCUT2D eigenvalue weighted by molar-refractivity contribution is 0.970. The zero-order chi connectivity index (χ0) is 14.8. The Kier molecular flexibility index (Phi) is 4.42. The summed E-state index contributed by atoms with van der Waals surface area (Å²) in [5.74, 6) is 1.57. The molecule has 21 heavy (non-hydrogen) atoms. The number of rotatable bonds is 4. The molecule has 108 valence electrons. The van der Waals surface area contributed by atoms with Crippen molar-refractivity contribution >= 4 is 55.6 Å². The molecule has 6 heteroatoms. The van der Waals surface area contributed by atoms with Crippen LogP contribution in [-0.4, -0.2) is 16.5 Å². The normalized spacial score (nSPS) is 11.0. The second-order valence-electron chi connectivity index (χ2n) is 4.62. The van der Waals surface area contributed by atoms with Crippen LogP contribution in [-0.2, 0) is 0 Å². The molecule has 0 bridgehead atoms. The van der Waals surface area contributed by atoms with Crippen molar-refractivity contribution in [3.63, 3.8) is 0 Å². The van der Waals surface area contributed by atoms with Crippen molar-refractivity contribution < 1.29 is 0 Å². The minimum absolute atomic E-state index is 0.681. The topological polar surface area (TPSA) is 37.8 Å². The lowest BCUT2D eigenvalue weighted by Gasteiger charge is -2.10. The maximum Gasteiger partial charge on any atom is 0.163 e. The van der Waals surface area contributed by atoms with Gasteiger partial charge in [-0.2, -0.15) is 0 Å². The number of nitrogens with one attached hydrogen (secondary N) is 1. The summed E-state index contributed by atoms with van der Waals surface area (Å²) in [5, 5.41) is 7.08. The number of aromatic nitrogens is 2. The highest BCUT2D eigenvalue weighted by Crippen LogP contribution is 2.31. The van der Waals surface area contributed by atoms with Gasteiger partial charge in [0.2, 0.25) is 0 Å². The fraction of sp³-hybridized carbons (Fsp3) is 0.200. The molecule has 0 unspecified atom stereocenters. The van der Waals surface area contributed by atoms with E-state index in [0.717, 1.165) is 39.0 Å². The summed E-state index contributed by atoms with van der Waals surface area (Å²) < 4.78 is 1.07. The quantitative estimate of drug-likeness (QED) is 0.638. The summed E-state index contributed by atoms with van der Waals surface area (Å²) in [6.07, 6.45) is 1.04. The predicted molar refractivity (Wildman–Crippen MR) is 94.3 cm³/mol. The molecule has 0 saturated heterocycles. The highest BCUT2D eigenvalue weighted by molar-refractivity contribution is 9.11. The van der Waals surface area contributed by atoms with Crippen LogP contribution in [0.3, 0.4) is 0 Å². The summed E-state index contributed by atoms with van der Waals surface area (Å²) in [6, 6.07) is 7.73. The van der Waals surface area contributed by atoms with Crippen molar-refractivity contribution in [3.05, 3.63) is 38.5 Å². The first kappa shape index (κ1) is 14.8. The van der Waals surface area contributed by atoms with Crippen LogP contribution in [0, 0.1) is 0 Å². The number of thiophene rings is 1. The summed E-state index contributed by atoms with van der Waals surface area (Å²) in [5.41, 5.74) is 1.86. The Morgan fingerprint density at radius 2 is 2.14 bits per heavy atom. The average molecular weight is 383 g/mol. The molecule has 0 aliphatic rings. The van der Waals surface area contributed by atoms with E-state index < -0.39 is 0 Å². The summed E-state index contributed by atoms with van der Waals surface area (Å²) in [7, 11) is 0. The number of halogens is 2. The van der Waals surface area contributed by atoms with Crippen LogP contribution in [0.2, 0.25) is 5.02 Å². The Morgan fingerprint density at radius 1 is 1.29 bits per heavy atom. The van der Waals surface area contributed by atoms with Crippen LogP contribution in [0.4, 0.5) is 5.82 Å². The van der Waals surface area contributed by atoms with Gasteiger partial charge in [-0.3, -0.25) is 0 Å². The van der Waals surface area contributed by atoms with E-state index in [1.54, 1.807) is 11.3 Å². The molecule has 2 heterocycles. The van der Waals surface area contributed by atoms with E-state index in [1.165, 1.54) is 0 Å². The maximum absolute atomic E-state index is 6.09. The number of fused-ring (bicyclic) bond motifs is 1. The van der Waals surface area contributed by atoms with E-state index in [-0.39, 0.29) is 0 Å². The molecule has 0 saturated carbocycles. The Labute approximate surface area is 140 Å². The van der Waals surface area contributed by atoms with E-state index in [1.807, 2.05) is 29.6 Å². The smallest absolute Gasteiger partial charge is 0.163 e. The second-order valence-corrected chi connectivity index (χ2v) is 7.35. The average Bonchev–Trinajstić information content (AvgIpc) is 2.90. The summed E-state index contributed by atoms with van der Waals surface area (Å²) >= 11 is 11.2. The van der Waals surface area contributed by atoms with Crippen LogP contribution in [0.5, 0.6) is 0 Å². The van der Waals surface area contributed by atoms with Crippen molar-refractivity contribution in [2.75, 3.05) is 11.9 Å². The maximum atomic E-state index is 6.09. The van der Waals surface area contributed by atoms with Crippen molar-refractivity contribution in [2.24, 2.45) is 0 Å². The molecule has 1 aromatic carbocycles.